The molecule has 1 aromatic heterocycles. The summed E-state index contributed by atoms with van der Waals surface area (Å²) in [5.41, 5.74) is 1.37. The molecule has 12 heavy (non-hydrogen) atoms. The van der Waals surface area contributed by atoms with Gasteiger partial charge >= 0.3 is 0 Å². The molecule has 1 heterocycles. The summed E-state index contributed by atoms with van der Waals surface area (Å²) in [6.45, 7) is 0. The number of rotatable bonds is 1. The zero-order valence-electron chi connectivity index (χ0n) is 6.32. The van der Waals surface area contributed by atoms with Gasteiger partial charge in [0.25, 0.3) is 0 Å². The average Bonchev–Trinajstić information content (AvgIpc) is 2.17. The molecule has 0 bridgehead atoms. The van der Waals surface area contributed by atoms with E-state index in [1.54, 1.807) is 12.3 Å². The fourth-order valence-corrected chi connectivity index (χ4v) is 1.17. The fourth-order valence-electron chi connectivity index (χ4n) is 1.17. The highest BCUT2D eigenvalue weighted by Crippen LogP contribution is 2.13. The van der Waals surface area contributed by atoms with E-state index in [2.05, 4.69) is 11.1 Å². The van der Waals surface area contributed by atoms with Crippen LogP contribution in [0.3, 0.4) is 0 Å². The molecule has 0 atom stereocenters. The molecule has 0 unspecified atom stereocenters. The van der Waals surface area contributed by atoms with Crippen molar-refractivity contribution in [2.24, 2.45) is 0 Å². The highest BCUT2D eigenvalue weighted by atomic mass is 16.1. The van der Waals surface area contributed by atoms with Gasteiger partial charge in [0.1, 0.15) is 0 Å². The number of carbonyl (C=O) groups excluding carboxylic acids is 1. The van der Waals surface area contributed by atoms with Crippen LogP contribution in [0.2, 0.25) is 0 Å². The van der Waals surface area contributed by atoms with Gasteiger partial charge in [-0.05, 0) is 12.1 Å². The molecule has 57 valence electrons. The van der Waals surface area contributed by atoms with Gasteiger partial charge in [-0.1, -0.05) is 12.1 Å². The third-order valence-electron chi connectivity index (χ3n) is 1.73. The van der Waals surface area contributed by atoms with E-state index in [9.17, 15) is 4.79 Å². The van der Waals surface area contributed by atoms with Crippen molar-refractivity contribution in [2.45, 2.75) is 0 Å². The summed E-state index contributed by atoms with van der Waals surface area (Å²) in [7, 11) is 0. The van der Waals surface area contributed by atoms with E-state index in [0.717, 1.165) is 17.2 Å². The van der Waals surface area contributed by atoms with Crippen molar-refractivity contribution in [3.05, 3.63) is 42.1 Å². The summed E-state index contributed by atoms with van der Waals surface area (Å²) >= 11 is 0. The number of nitrogens with zero attached hydrogens (tertiary/aromatic N) is 1. The molecule has 0 aliphatic rings. The second-order valence-electron chi connectivity index (χ2n) is 2.47. The van der Waals surface area contributed by atoms with Gasteiger partial charge in [0.2, 0.25) is 0 Å². The quantitative estimate of drug-likeness (QED) is 0.590. The maximum Gasteiger partial charge on any atom is 0.152 e. The summed E-state index contributed by atoms with van der Waals surface area (Å²) < 4.78 is 0. The Balaban J connectivity index is 2.88. The van der Waals surface area contributed by atoms with Gasteiger partial charge < -0.3 is 0 Å². The van der Waals surface area contributed by atoms with E-state index in [-0.39, 0.29) is 0 Å². The third kappa shape index (κ3) is 0.975. The number of aromatic nitrogens is 1. The Morgan fingerprint density at radius 1 is 1.42 bits per heavy atom. The smallest absolute Gasteiger partial charge is 0.152 e. The number of aldehydes is 1. The summed E-state index contributed by atoms with van der Waals surface area (Å²) in [5.74, 6) is 0. The minimum absolute atomic E-state index is 0.626. The van der Waals surface area contributed by atoms with Crippen molar-refractivity contribution < 1.29 is 4.79 Å². The lowest BCUT2D eigenvalue weighted by molar-refractivity contribution is 0.112. The summed E-state index contributed by atoms with van der Waals surface area (Å²) in [5, 5.41) is 0.946. The van der Waals surface area contributed by atoms with Gasteiger partial charge in [0.05, 0.1) is 5.52 Å². The number of hydrogen-bond acceptors (Lipinski definition) is 2. The Bertz CT molecular complexity index is 418. The lowest BCUT2D eigenvalue weighted by Crippen LogP contribution is -1.85. The van der Waals surface area contributed by atoms with Crippen LogP contribution in [0.5, 0.6) is 0 Å². The SMILES string of the molecule is O=Cc1cccc2c[c]cnc12. The first-order valence-corrected chi connectivity index (χ1v) is 3.62. The van der Waals surface area contributed by atoms with Crippen LogP contribution in [0.1, 0.15) is 10.4 Å². The Labute approximate surface area is 69.9 Å². The van der Waals surface area contributed by atoms with Gasteiger partial charge in [0, 0.05) is 23.2 Å². The first-order chi connectivity index (χ1) is 5.92. The zero-order chi connectivity index (χ0) is 8.39. The molecule has 1 radical (unpaired) electrons. The molecule has 0 aliphatic heterocycles. The second kappa shape index (κ2) is 2.74. The Hall–Kier alpha value is -1.70. The van der Waals surface area contributed by atoms with Crippen molar-refractivity contribution in [2.75, 3.05) is 0 Å². The van der Waals surface area contributed by atoms with Crippen LogP contribution >= 0.6 is 0 Å². The number of pyridine rings is 1. The molecular formula is C10H6NO. The van der Waals surface area contributed by atoms with E-state index in [1.807, 2.05) is 18.2 Å². The topological polar surface area (TPSA) is 30.0 Å². The van der Waals surface area contributed by atoms with Gasteiger partial charge in [0.15, 0.2) is 6.29 Å². The zero-order valence-corrected chi connectivity index (χ0v) is 6.32. The van der Waals surface area contributed by atoms with Crippen LogP contribution in [0.15, 0.2) is 30.5 Å². The molecule has 2 rings (SSSR count). The van der Waals surface area contributed by atoms with E-state index in [4.69, 9.17) is 0 Å². The van der Waals surface area contributed by atoms with Gasteiger partial charge in [-0.2, -0.15) is 0 Å². The minimum Gasteiger partial charge on any atom is -0.298 e. The normalized spacial score (nSPS) is 10.0. The van der Waals surface area contributed by atoms with Crippen LogP contribution in [-0.4, -0.2) is 11.3 Å². The Morgan fingerprint density at radius 3 is 3.17 bits per heavy atom. The van der Waals surface area contributed by atoms with Gasteiger partial charge in [-0.25, -0.2) is 0 Å². The maximum absolute atomic E-state index is 10.6. The fraction of sp³-hybridized carbons (Fsp3) is 0. The lowest BCUT2D eigenvalue weighted by Gasteiger charge is -1.96. The monoisotopic (exact) mass is 156 g/mol. The largest absolute Gasteiger partial charge is 0.298 e. The standard InChI is InChI=1S/C10H6NO/c12-7-9-4-1-3-8-5-2-6-11-10(8)9/h1,3-7H. The molecule has 2 aromatic rings. The highest BCUT2D eigenvalue weighted by molar-refractivity contribution is 5.95. The summed E-state index contributed by atoms with van der Waals surface area (Å²) in [4.78, 5) is 14.6. The lowest BCUT2D eigenvalue weighted by atomic mass is 10.1. The van der Waals surface area contributed by atoms with Crippen LogP contribution in [0.4, 0.5) is 0 Å². The molecular weight excluding hydrogens is 150 g/mol. The minimum atomic E-state index is 0.626. The average molecular weight is 156 g/mol. The third-order valence-corrected chi connectivity index (χ3v) is 1.73. The first-order valence-electron chi connectivity index (χ1n) is 3.62. The highest BCUT2D eigenvalue weighted by Gasteiger charge is 1.98. The van der Waals surface area contributed by atoms with Crippen molar-refractivity contribution in [3.8, 4) is 0 Å². The molecule has 2 heteroatoms. The molecule has 1 aromatic carbocycles. The maximum atomic E-state index is 10.6. The van der Waals surface area contributed by atoms with Crippen molar-refractivity contribution in [1.29, 1.82) is 0 Å². The predicted molar refractivity (Wildman–Crippen MR) is 46.0 cm³/mol. The molecule has 0 N–H and O–H groups in total. The van der Waals surface area contributed by atoms with E-state index in [0.29, 0.717) is 5.56 Å². The van der Waals surface area contributed by atoms with E-state index >= 15 is 0 Å². The molecule has 0 fully saturated rings. The molecule has 2 nitrogen and oxygen atoms in total. The number of carbonyl (C=O) groups is 1. The van der Waals surface area contributed by atoms with Gasteiger partial charge in [-0.15, -0.1) is 0 Å². The van der Waals surface area contributed by atoms with Gasteiger partial charge in [-0.3, -0.25) is 9.78 Å². The van der Waals surface area contributed by atoms with Crippen LogP contribution in [-0.2, 0) is 0 Å². The first kappa shape index (κ1) is 6.98. The van der Waals surface area contributed by atoms with Crippen LogP contribution in [0, 0.1) is 6.07 Å². The number of fused-ring (bicyclic) bond motifs is 1. The predicted octanol–water partition coefficient (Wildman–Crippen LogP) is 1.85. The Morgan fingerprint density at radius 2 is 2.33 bits per heavy atom. The number of para-hydroxylation sites is 1. The molecule has 0 aliphatic carbocycles. The van der Waals surface area contributed by atoms with E-state index in [1.165, 1.54) is 0 Å². The second-order valence-corrected chi connectivity index (χ2v) is 2.47. The van der Waals surface area contributed by atoms with Crippen molar-refractivity contribution in [3.63, 3.8) is 0 Å². The van der Waals surface area contributed by atoms with Crippen LogP contribution < -0.4 is 0 Å². The molecule has 0 spiro atoms. The van der Waals surface area contributed by atoms with E-state index < -0.39 is 0 Å². The van der Waals surface area contributed by atoms with Crippen LogP contribution in [0.25, 0.3) is 10.9 Å². The van der Waals surface area contributed by atoms with Crippen molar-refractivity contribution in [1.82, 2.24) is 4.98 Å². The van der Waals surface area contributed by atoms with Crippen molar-refractivity contribution >= 4 is 17.2 Å². The Kier molecular flexibility index (Phi) is 1.59. The molecule has 0 saturated carbocycles. The summed E-state index contributed by atoms with van der Waals surface area (Å²) in [6.07, 6.45) is 2.38. The number of hydrogen-bond donors (Lipinski definition) is 0. The molecule has 0 amide bonds. The number of benzene rings is 1. The summed E-state index contributed by atoms with van der Waals surface area (Å²) in [6, 6.07) is 10.2. The molecule has 0 saturated heterocycles.